The first-order chi connectivity index (χ1) is 12.2. The molecule has 6 nitrogen and oxygen atoms in total. The molecule has 3 saturated heterocycles. The summed E-state index contributed by atoms with van der Waals surface area (Å²) >= 11 is 12.0. The summed E-state index contributed by atoms with van der Waals surface area (Å²) in [5.74, 6) is 2.96. The average Bonchev–Trinajstić information content (AvgIpc) is 3.29. The molecule has 2 bridgehead atoms. The third-order valence-corrected chi connectivity index (χ3v) is 5.97. The number of pyridine rings is 1. The SMILES string of the molecule is CN=C(NCCNc1ncc(Cl)cc1Cl)N1CC2C3CCC(O3)C2C1. The second-order valence-corrected chi connectivity index (χ2v) is 7.75. The standard InChI is InChI=1S/C17H23Cl2N5O/c1-20-17(22-5-4-21-16-13(19)6-10(18)7-23-16)24-8-11-12(9-24)15-3-2-14(11)25-15/h6-7,11-12,14-15H,2-5,8-9H2,1H3,(H,20,22)(H,21,23). The Hall–Kier alpha value is -1.24. The van der Waals surface area contributed by atoms with Crippen molar-refractivity contribution in [3.05, 3.63) is 22.3 Å². The van der Waals surface area contributed by atoms with Gasteiger partial charge < -0.3 is 20.3 Å². The molecule has 0 amide bonds. The number of anilines is 1. The first-order valence-electron chi connectivity index (χ1n) is 8.81. The van der Waals surface area contributed by atoms with Crippen LogP contribution in [0.25, 0.3) is 0 Å². The molecule has 0 radical (unpaired) electrons. The van der Waals surface area contributed by atoms with Gasteiger partial charge in [-0.3, -0.25) is 4.99 Å². The van der Waals surface area contributed by atoms with E-state index in [1.54, 1.807) is 12.3 Å². The number of aliphatic imine (C=N–C) groups is 1. The van der Waals surface area contributed by atoms with Crippen LogP contribution in [-0.4, -0.2) is 61.3 Å². The van der Waals surface area contributed by atoms with Crippen molar-refractivity contribution < 1.29 is 4.74 Å². The smallest absolute Gasteiger partial charge is 0.193 e. The molecule has 1 aromatic heterocycles. The molecular formula is C17H23Cl2N5O. The van der Waals surface area contributed by atoms with Crippen LogP contribution >= 0.6 is 23.2 Å². The Morgan fingerprint density at radius 3 is 2.64 bits per heavy atom. The van der Waals surface area contributed by atoms with Crippen LogP contribution in [0.4, 0.5) is 5.82 Å². The van der Waals surface area contributed by atoms with Gasteiger partial charge in [0.05, 0.1) is 22.3 Å². The first kappa shape index (κ1) is 17.2. The van der Waals surface area contributed by atoms with Gasteiger partial charge in [0.15, 0.2) is 5.96 Å². The van der Waals surface area contributed by atoms with Crippen molar-refractivity contribution >= 4 is 35.0 Å². The fourth-order valence-corrected chi connectivity index (χ4v) is 4.81. The van der Waals surface area contributed by atoms with E-state index in [9.17, 15) is 0 Å². The van der Waals surface area contributed by atoms with Crippen LogP contribution < -0.4 is 10.6 Å². The molecule has 4 unspecified atom stereocenters. The van der Waals surface area contributed by atoms with Crippen molar-refractivity contribution in [1.29, 1.82) is 0 Å². The van der Waals surface area contributed by atoms with Gasteiger partial charge in [-0.15, -0.1) is 0 Å². The second kappa shape index (κ2) is 7.17. The number of halogens is 2. The van der Waals surface area contributed by atoms with Crippen LogP contribution in [0.15, 0.2) is 17.3 Å². The van der Waals surface area contributed by atoms with Gasteiger partial charge in [-0.25, -0.2) is 4.98 Å². The molecule has 25 heavy (non-hydrogen) atoms. The minimum absolute atomic E-state index is 0.470. The fourth-order valence-electron chi connectivity index (χ4n) is 4.37. The Labute approximate surface area is 157 Å². The largest absolute Gasteiger partial charge is 0.374 e. The number of guanidine groups is 1. The van der Waals surface area contributed by atoms with Gasteiger partial charge >= 0.3 is 0 Å². The average molecular weight is 384 g/mol. The number of nitrogens with zero attached hydrogens (tertiary/aromatic N) is 3. The molecule has 3 aliphatic rings. The first-order valence-corrected chi connectivity index (χ1v) is 9.57. The highest BCUT2D eigenvalue weighted by molar-refractivity contribution is 6.35. The van der Waals surface area contributed by atoms with Gasteiger partial charge in [0.1, 0.15) is 5.82 Å². The van der Waals surface area contributed by atoms with Gasteiger partial charge in [0.25, 0.3) is 0 Å². The Kier molecular flexibility index (Phi) is 4.93. The van der Waals surface area contributed by atoms with Gasteiger partial charge in [-0.05, 0) is 18.9 Å². The third-order valence-electron chi connectivity index (χ3n) is 5.47. The lowest BCUT2D eigenvalue weighted by Gasteiger charge is -2.23. The Bertz CT molecular complexity index is 652. The zero-order chi connectivity index (χ0) is 17.4. The molecule has 2 N–H and O–H groups in total. The van der Waals surface area contributed by atoms with Gasteiger partial charge in [0.2, 0.25) is 0 Å². The number of nitrogens with one attached hydrogen (secondary N) is 2. The third kappa shape index (κ3) is 3.39. The number of hydrogen-bond acceptors (Lipinski definition) is 4. The zero-order valence-electron chi connectivity index (χ0n) is 14.2. The van der Waals surface area contributed by atoms with E-state index in [1.807, 2.05) is 7.05 Å². The van der Waals surface area contributed by atoms with Crippen molar-refractivity contribution in [1.82, 2.24) is 15.2 Å². The number of fused-ring (bicyclic) bond motifs is 5. The summed E-state index contributed by atoms with van der Waals surface area (Å²) in [5.41, 5.74) is 0. The number of rotatable bonds is 4. The van der Waals surface area contributed by atoms with E-state index in [1.165, 1.54) is 12.8 Å². The maximum absolute atomic E-state index is 6.12. The van der Waals surface area contributed by atoms with E-state index in [-0.39, 0.29) is 0 Å². The van der Waals surface area contributed by atoms with Crippen molar-refractivity contribution in [3.8, 4) is 0 Å². The highest BCUT2D eigenvalue weighted by atomic mass is 35.5. The van der Waals surface area contributed by atoms with Crippen molar-refractivity contribution in [2.75, 3.05) is 38.5 Å². The Balaban J connectivity index is 1.26. The lowest BCUT2D eigenvalue weighted by molar-refractivity contribution is 0.0767. The number of hydrogen-bond donors (Lipinski definition) is 2. The molecule has 4 atom stereocenters. The van der Waals surface area contributed by atoms with E-state index in [0.717, 1.165) is 25.6 Å². The molecule has 0 aliphatic carbocycles. The monoisotopic (exact) mass is 383 g/mol. The van der Waals surface area contributed by atoms with Crippen LogP contribution in [0.5, 0.6) is 0 Å². The lowest BCUT2D eigenvalue weighted by Crippen LogP contribution is -2.42. The number of aromatic nitrogens is 1. The topological polar surface area (TPSA) is 61.8 Å². The lowest BCUT2D eigenvalue weighted by atomic mass is 9.82. The molecule has 8 heteroatoms. The fraction of sp³-hybridized carbons (Fsp3) is 0.647. The summed E-state index contributed by atoms with van der Waals surface area (Å²) in [4.78, 5) is 11.0. The predicted molar refractivity (Wildman–Crippen MR) is 101 cm³/mol. The molecule has 0 saturated carbocycles. The molecular weight excluding hydrogens is 361 g/mol. The van der Waals surface area contributed by atoms with Gasteiger partial charge in [-0.2, -0.15) is 0 Å². The van der Waals surface area contributed by atoms with E-state index in [0.29, 0.717) is 46.5 Å². The van der Waals surface area contributed by atoms with E-state index in [4.69, 9.17) is 27.9 Å². The minimum Gasteiger partial charge on any atom is -0.374 e. The maximum Gasteiger partial charge on any atom is 0.193 e. The number of ether oxygens (including phenoxy) is 1. The van der Waals surface area contributed by atoms with Gasteiger partial charge in [-0.1, -0.05) is 23.2 Å². The molecule has 4 heterocycles. The second-order valence-electron chi connectivity index (χ2n) is 6.91. The zero-order valence-corrected chi connectivity index (χ0v) is 15.7. The van der Waals surface area contributed by atoms with Gasteiger partial charge in [0, 0.05) is 51.3 Å². The molecule has 0 spiro atoms. The summed E-state index contributed by atoms with van der Waals surface area (Å²) < 4.78 is 6.04. The predicted octanol–water partition coefficient (Wildman–Crippen LogP) is 2.48. The van der Waals surface area contributed by atoms with Crippen molar-refractivity contribution in [3.63, 3.8) is 0 Å². The van der Waals surface area contributed by atoms with Crippen LogP contribution in [0.2, 0.25) is 10.0 Å². The van der Waals surface area contributed by atoms with Crippen LogP contribution in [0.3, 0.4) is 0 Å². The summed E-state index contributed by atoms with van der Waals surface area (Å²) in [6, 6.07) is 1.68. The molecule has 1 aromatic rings. The summed E-state index contributed by atoms with van der Waals surface area (Å²) in [7, 11) is 1.84. The molecule has 0 aromatic carbocycles. The molecule has 136 valence electrons. The molecule has 3 fully saturated rings. The van der Waals surface area contributed by atoms with Crippen LogP contribution in [0, 0.1) is 11.8 Å². The van der Waals surface area contributed by atoms with E-state index >= 15 is 0 Å². The Morgan fingerprint density at radius 1 is 1.28 bits per heavy atom. The minimum atomic E-state index is 0.470. The quantitative estimate of drug-likeness (QED) is 0.475. The summed E-state index contributed by atoms with van der Waals surface area (Å²) in [5, 5.41) is 7.71. The molecule has 3 aliphatic heterocycles. The summed E-state index contributed by atoms with van der Waals surface area (Å²) in [6.07, 6.45) is 4.98. The maximum atomic E-state index is 6.12. The molecule has 4 rings (SSSR count). The highest BCUT2D eigenvalue weighted by Gasteiger charge is 2.53. The van der Waals surface area contributed by atoms with Crippen LogP contribution in [-0.2, 0) is 4.74 Å². The number of likely N-dealkylation sites (tertiary alicyclic amines) is 1. The van der Waals surface area contributed by atoms with E-state index < -0.39 is 0 Å². The van der Waals surface area contributed by atoms with Crippen molar-refractivity contribution in [2.45, 2.75) is 25.0 Å². The summed E-state index contributed by atoms with van der Waals surface area (Å²) in [6.45, 7) is 3.53. The highest BCUT2D eigenvalue weighted by Crippen LogP contribution is 2.47. The van der Waals surface area contributed by atoms with Crippen LogP contribution in [0.1, 0.15) is 12.8 Å². The van der Waals surface area contributed by atoms with Crippen molar-refractivity contribution in [2.24, 2.45) is 16.8 Å². The normalized spacial score (nSPS) is 30.7. The Morgan fingerprint density at radius 2 is 2.00 bits per heavy atom. The van der Waals surface area contributed by atoms with E-state index in [2.05, 4.69) is 25.5 Å².